The molecule has 2 aliphatic carbocycles. The number of rotatable bonds is 4. The van der Waals surface area contributed by atoms with E-state index in [4.69, 9.17) is 0 Å². The van der Waals surface area contributed by atoms with Crippen molar-refractivity contribution in [2.45, 2.75) is 38.5 Å². The van der Waals surface area contributed by atoms with E-state index in [0.717, 1.165) is 24.0 Å². The molecule has 3 unspecified atom stereocenters. The highest BCUT2D eigenvalue weighted by atomic mass is 15.5. The summed E-state index contributed by atoms with van der Waals surface area (Å²) in [5.74, 6) is 3.03. The molecule has 2 aromatic rings. The average molecular weight is 244 g/mol. The van der Waals surface area contributed by atoms with Gasteiger partial charge in [0.15, 0.2) is 0 Å². The maximum absolute atomic E-state index is 4.49. The number of aromatic amines is 2. The molecule has 1 fully saturated rings. The number of unbranched alkanes of at least 4 members (excludes halogenated alkanes) is 1. The zero-order valence-corrected chi connectivity index (χ0v) is 10.3. The second kappa shape index (κ2) is 3.63. The third-order valence-electron chi connectivity index (χ3n) is 4.45. The van der Waals surface area contributed by atoms with Gasteiger partial charge in [0.1, 0.15) is 5.69 Å². The van der Waals surface area contributed by atoms with Crippen LogP contribution in [-0.2, 0) is 6.42 Å². The first-order chi connectivity index (χ1) is 8.90. The number of nitrogens with one attached hydrogen (secondary N) is 2. The van der Waals surface area contributed by atoms with Crippen LogP contribution in [0.2, 0.25) is 0 Å². The number of hydrogen-bond donors (Lipinski definition) is 2. The highest BCUT2D eigenvalue weighted by Gasteiger charge is 2.57. The zero-order chi connectivity index (χ0) is 12.1. The van der Waals surface area contributed by atoms with Gasteiger partial charge in [0.25, 0.3) is 0 Å². The summed E-state index contributed by atoms with van der Waals surface area (Å²) in [5.41, 5.74) is 3.54. The monoisotopic (exact) mass is 244 g/mol. The smallest absolute Gasteiger partial charge is 0.222 e. The standard InChI is InChI=1S/C12H16N6/c1-2-3-4-6-7-5-8-10(9(6)7)13-14-11(8)12-15-17-18-16-12/h6-7,9H,2-5H2,1H3,(H,13,14)(H,15,16,17,18). The first kappa shape index (κ1) is 10.2. The molecule has 0 aromatic carbocycles. The van der Waals surface area contributed by atoms with Gasteiger partial charge in [-0.3, -0.25) is 5.10 Å². The van der Waals surface area contributed by atoms with E-state index in [1.165, 1.54) is 30.5 Å². The molecular formula is C12H16N6. The SMILES string of the molecule is CCCCC1C2Cc3c(n[nH]c3-c3nn[nH]n3)C12. The Bertz CT molecular complexity index is 557. The van der Waals surface area contributed by atoms with Gasteiger partial charge < -0.3 is 0 Å². The average Bonchev–Trinajstić information content (AvgIpc) is 2.86. The van der Waals surface area contributed by atoms with Gasteiger partial charge in [-0.05, 0) is 29.9 Å². The lowest BCUT2D eigenvalue weighted by Gasteiger charge is -2.02. The molecule has 2 N–H and O–H groups in total. The lowest BCUT2D eigenvalue weighted by molar-refractivity contribution is 0.590. The van der Waals surface area contributed by atoms with Crippen LogP contribution in [0.4, 0.5) is 0 Å². The Balaban J connectivity index is 1.60. The van der Waals surface area contributed by atoms with Gasteiger partial charge in [-0.15, -0.1) is 10.2 Å². The zero-order valence-electron chi connectivity index (χ0n) is 10.3. The fourth-order valence-electron chi connectivity index (χ4n) is 3.51. The van der Waals surface area contributed by atoms with Crippen molar-refractivity contribution in [2.24, 2.45) is 11.8 Å². The van der Waals surface area contributed by atoms with Gasteiger partial charge in [0.05, 0.1) is 5.69 Å². The van der Waals surface area contributed by atoms with Crippen LogP contribution in [0.15, 0.2) is 0 Å². The third kappa shape index (κ3) is 1.28. The second-order valence-corrected chi connectivity index (χ2v) is 5.40. The molecule has 94 valence electrons. The highest BCUT2D eigenvalue weighted by Crippen LogP contribution is 2.63. The van der Waals surface area contributed by atoms with Gasteiger partial charge in [0, 0.05) is 11.5 Å². The second-order valence-electron chi connectivity index (χ2n) is 5.40. The van der Waals surface area contributed by atoms with Crippen LogP contribution in [0.1, 0.15) is 43.4 Å². The molecule has 0 spiro atoms. The Labute approximate surface area is 105 Å². The van der Waals surface area contributed by atoms with E-state index in [-0.39, 0.29) is 0 Å². The highest BCUT2D eigenvalue weighted by molar-refractivity contribution is 5.59. The van der Waals surface area contributed by atoms with Crippen molar-refractivity contribution in [3.63, 3.8) is 0 Å². The fraction of sp³-hybridized carbons (Fsp3) is 0.667. The molecule has 0 bridgehead atoms. The Morgan fingerprint density at radius 3 is 3.06 bits per heavy atom. The number of fused-ring (bicyclic) bond motifs is 3. The van der Waals surface area contributed by atoms with Crippen molar-refractivity contribution in [1.82, 2.24) is 30.8 Å². The molecule has 0 amide bonds. The molecule has 2 aromatic heterocycles. The van der Waals surface area contributed by atoms with Gasteiger partial charge in [-0.2, -0.15) is 10.3 Å². The quantitative estimate of drug-likeness (QED) is 0.856. The molecule has 2 heterocycles. The summed E-state index contributed by atoms with van der Waals surface area (Å²) in [7, 11) is 0. The molecule has 2 aliphatic rings. The molecule has 0 radical (unpaired) electrons. The molecular weight excluding hydrogens is 228 g/mol. The van der Waals surface area contributed by atoms with E-state index in [9.17, 15) is 0 Å². The number of nitrogens with zero attached hydrogens (tertiary/aromatic N) is 4. The maximum atomic E-state index is 4.49. The first-order valence-electron chi connectivity index (χ1n) is 6.71. The van der Waals surface area contributed by atoms with E-state index in [2.05, 4.69) is 37.7 Å². The lowest BCUT2D eigenvalue weighted by Crippen LogP contribution is -1.94. The Morgan fingerprint density at radius 1 is 1.33 bits per heavy atom. The fourth-order valence-corrected chi connectivity index (χ4v) is 3.51. The van der Waals surface area contributed by atoms with Crippen molar-refractivity contribution in [2.75, 3.05) is 0 Å². The summed E-state index contributed by atoms with van der Waals surface area (Å²) in [6, 6.07) is 0. The van der Waals surface area contributed by atoms with Crippen LogP contribution in [0.25, 0.3) is 11.5 Å². The van der Waals surface area contributed by atoms with Gasteiger partial charge in [-0.25, -0.2) is 0 Å². The summed E-state index contributed by atoms with van der Waals surface area (Å²) in [4.78, 5) is 0. The third-order valence-corrected chi connectivity index (χ3v) is 4.45. The summed E-state index contributed by atoms with van der Waals surface area (Å²) in [6.45, 7) is 2.26. The largest absolute Gasteiger partial charge is 0.274 e. The summed E-state index contributed by atoms with van der Waals surface area (Å²) in [5, 5.41) is 21.7. The number of H-pyrrole nitrogens is 2. The Kier molecular flexibility index (Phi) is 2.06. The van der Waals surface area contributed by atoms with Crippen LogP contribution < -0.4 is 0 Å². The van der Waals surface area contributed by atoms with E-state index in [1.807, 2.05) is 0 Å². The minimum atomic E-state index is 0.634. The summed E-state index contributed by atoms with van der Waals surface area (Å²) in [6.07, 6.45) is 5.12. The Morgan fingerprint density at radius 2 is 2.28 bits per heavy atom. The van der Waals surface area contributed by atoms with Crippen molar-refractivity contribution >= 4 is 0 Å². The van der Waals surface area contributed by atoms with Crippen molar-refractivity contribution in [3.8, 4) is 11.5 Å². The minimum absolute atomic E-state index is 0.634. The number of aromatic nitrogens is 6. The van der Waals surface area contributed by atoms with Crippen molar-refractivity contribution < 1.29 is 0 Å². The van der Waals surface area contributed by atoms with E-state index >= 15 is 0 Å². The molecule has 0 saturated heterocycles. The minimum Gasteiger partial charge on any atom is -0.274 e. The van der Waals surface area contributed by atoms with Gasteiger partial charge in [0.2, 0.25) is 5.82 Å². The molecule has 1 saturated carbocycles. The molecule has 3 atom stereocenters. The lowest BCUT2D eigenvalue weighted by atomic mass is 10.0. The maximum Gasteiger partial charge on any atom is 0.222 e. The van der Waals surface area contributed by atoms with Crippen LogP contribution >= 0.6 is 0 Å². The van der Waals surface area contributed by atoms with E-state index < -0.39 is 0 Å². The van der Waals surface area contributed by atoms with E-state index in [0.29, 0.717) is 11.7 Å². The number of hydrogen-bond acceptors (Lipinski definition) is 4. The predicted molar refractivity (Wildman–Crippen MR) is 64.7 cm³/mol. The molecule has 4 rings (SSSR count). The molecule has 6 nitrogen and oxygen atoms in total. The first-order valence-corrected chi connectivity index (χ1v) is 6.71. The normalized spacial score (nSPS) is 28.2. The van der Waals surface area contributed by atoms with Crippen molar-refractivity contribution in [1.29, 1.82) is 0 Å². The van der Waals surface area contributed by atoms with E-state index in [1.54, 1.807) is 0 Å². The van der Waals surface area contributed by atoms with Crippen LogP contribution in [0.3, 0.4) is 0 Å². The topological polar surface area (TPSA) is 83.1 Å². The van der Waals surface area contributed by atoms with Crippen LogP contribution in [0.5, 0.6) is 0 Å². The molecule has 6 heteroatoms. The van der Waals surface area contributed by atoms with Gasteiger partial charge in [-0.1, -0.05) is 19.8 Å². The summed E-state index contributed by atoms with van der Waals surface area (Å²) >= 11 is 0. The molecule has 18 heavy (non-hydrogen) atoms. The van der Waals surface area contributed by atoms with Gasteiger partial charge >= 0.3 is 0 Å². The summed E-state index contributed by atoms with van der Waals surface area (Å²) < 4.78 is 0. The van der Waals surface area contributed by atoms with Crippen molar-refractivity contribution in [3.05, 3.63) is 11.3 Å². The van der Waals surface area contributed by atoms with Crippen LogP contribution in [0, 0.1) is 11.8 Å². The molecule has 0 aliphatic heterocycles. The van der Waals surface area contributed by atoms with Crippen LogP contribution in [-0.4, -0.2) is 30.8 Å². The Hall–Kier alpha value is -1.72. The number of tetrazole rings is 1. The predicted octanol–water partition coefficient (Wildman–Crippen LogP) is 1.67.